The smallest absolute Gasteiger partial charge is 0.351 e. The Morgan fingerprint density at radius 3 is 1.07 bits per heavy atom. The van der Waals surface area contributed by atoms with E-state index in [4.69, 9.17) is 32.7 Å². The first-order chi connectivity index (χ1) is 14.5. The molecule has 0 saturated heterocycles. The Bertz CT molecular complexity index is 436. The van der Waals surface area contributed by atoms with Crippen molar-refractivity contribution < 1.29 is 19.1 Å². The van der Waals surface area contributed by atoms with Gasteiger partial charge in [0.2, 0.25) is 0 Å². The largest absolute Gasteiger partial charge is 0.461 e. The Kier molecular flexibility index (Phi) is 21.0. The number of hydrogen-bond acceptors (Lipinski definition) is 4. The van der Waals surface area contributed by atoms with Crippen LogP contribution >= 0.6 is 23.2 Å². The molecule has 0 amide bonds. The van der Waals surface area contributed by atoms with Gasteiger partial charge < -0.3 is 9.47 Å². The summed E-state index contributed by atoms with van der Waals surface area (Å²) >= 11 is 11.8. The third-order valence-electron chi connectivity index (χ3n) is 5.01. The zero-order valence-electron chi connectivity index (χ0n) is 19.1. The minimum Gasteiger partial charge on any atom is -0.461 e. The highest BCUT2D eigenvalue weighted by atomic mass is 35.5. The molecular weight excluding hydrogens is 423 g/mol. The summed E-state index contributed by atoms with van der Waals surface area (Å²) < 4.78 is 10.2. The minimum absolute atomic E-state index is 0.279. The lowest BCUT2D eigenvalue weighted by molar-refractivity contribution is -0.141. The molecule has 0 atom stereocenters. The first-order valence-electron chi connectivity index (χ1n) is 11.9. The van der Waals surface area contributed by atoms with E-state index in [0.717, 1.165) is 38.5 Å². The number of carbonyl (C=O) groups excluding carboxylic acids is 2. The molecule has 0 N–H and O–H groups in total. The summed E-state index contributed by atoms with van der Waals surface area (Å²) in [5.74, 6) is -1.54. The fourth-order valence-corrected chi connectivity index (χ4v) is 3.37. The van der Waals surface area contributed by atoms with Crippen LogP contribution in [0.5, 0.6) is 0 Å². The van der Waals surface area contributed by atoms with E-state index in [2.05, 4.69) is 13.8 Å². The van der Waals surface area contributed by atoms with E-state index in [1.807, 2.05) is 0 Å². The van der Waals surface area contributed by atoms with Crippen LogP contribution in [0.3, 0.4) is 0 Å². The van der Waals surface area contributed by atoms with Crippen molar-refractivity contribution in [3.63, 3.8) is 0 Å². The van der Waals surface area contributed by atoms with E-state index in [1.165, 1.54) is 64.2 Å². The summed E-state index contributed by atoms with van der Waals surface area (Å²) in [4.78, 5) is 23.8. The fourth-order valence-electron chi connectivity index (χ4n) is 3.11. The lowest BCUT2D eigenvalue weighted by Crippen LogP contribution is -2.12. The Labute approximate surface area is 194 Å². The van der Waals surface area contributed by atoms with Crippen LogP contribution in [0.15, 0.2) is 10.1 Å². The maximum atomic E-state index is 11.9. The van der Waals surface area contributed by atoms with Crippen molar-refractivity contribution >= 4 is 35.1 Å². The SMILES string of the molecule is CCCCCCCCCCOC(=O)/C(Cl)=C(/Cl)C(=O)OCCCCCCCCCC. The average Bonchev–Trinajstić information content (AvgIpc) is 2.75. The van der Waals surface area contributed by atoms with Crippen LogP contribution in [0.1, 0.15) is 117 Å². The number of ether oxygens (including phenoxy) is 2. The predicted molar refractivity (Wildman–Crippen MR) is 126 cm³/mol. The van der Waals surface area contributed by atoms with Gasteiger partial charge >= 0.3 is 11.9 Å². The average molecular weight is 466 g/mol. The van der Waals surface area contributed by atoms with E-state index in [9.17, 15) is 9.59 Å². The van der Waals surface area contributed by atoms with E-state index in [1.54, 1.807) is 0 Å². The molecule has 0 fully saturated rings. The Morgan fingerprint density at radius 1 is 0.500 bits per heavy atom. The molecule has 0 aliphatic heterocycles. The van der Waals surface area contributed by atoms with Gasteiger partial charge in [-0.05, 0) is 12.8 Å². The molecule has 0 saturated carbocycles. The molecule has 0 aromatic carbocycles. The van der Waals surface area contributed by atoms with Crippen LogP contribution in [-0.2, 0) is 19.1 Å². The van der Waals surface area contributed by atoms with Gasteiger partial charge in [0.1, 0.15) is 0 Å². The second-order valence-corrected chi connectivity index (χ2v) is 8.61. The van der Waals surface area contributed by atoms with Crippen LogP contribution in [-0.4, -0.2) is 25.2 Å². The summed E-state index contributed by atoms with van der Waals surface area (Å²) in [6, 6.07) is 0. The molecule has 0 radical (unpaired) electrons. The molecule has 0 aromatic heterocycles. The van der Waals surface area contributed by atoms with Crippen LogP contribution in [0.25, 0.3) is 0 Å². The second kappa shape index (κ2) is 21.5. The Morgan fingerprint density at radius 2 is 0.767 bits per heavy atom. The molecular formula is C24H42Cl2O4. The van der Waals surface area contributed by atoms with Crippen LogP contribution in [0.4, 0.5) is 0 Å². The quantitative estimate of drug-likeness (QED) is 0.104. The number of carbonyl (C=O) groups is 2. The van der Waals surface area contributed by atoms with Crippen LogP contribution < -0.4 is 0 Å². The number of unbranched alkanes of at least 4 members (excludes halogenated alkanes) is 14. The monoisotopic (exact) mass is 464 g/mol. The van der Waals surface area contributed by atoms with Gasteiger partial charge in [-0.3, -0.25) is 0 Å². The van der Waals surface area contributed by atoms with Crippen LogP contribution in [0, 0.1) is 0 Å². The van der Waals surface area contributed by atoms with Crippen molar-refractivity contribution in [1.29, 1.82) is 0 Å². The van der Waals surface area contributed by atoms with Gasteiger partial charge in [-0.1, -0.05) is 127 Å². The summed E-state index contributed by atoms with van der Waals surface area (Å²) in [6.45, 7) is 4.97. The highest BCUT2D eigenvalue weighted by molar-refractivity contribution is 6.53. The maximum Gasteiger partial charge on any atom is 0.351 e. The predicted octanol–water partition coefficient (Wildman–Crippen LogP) is 8.04. The Hall–Kier alpha value is -0.740. The molecule has 0 aliphatic carbocycles. The van der Waals surface area contributed by atoms with Crippen LogP contribution in [0.2, 0.25) is 0 Å². The first kappa shape index (κ1) is 29.3. The summed E-state index contributed by atoms with van der Waals surface area (Å²) in [6.07, 6.45) is 18.5. The third-order valence-corrected chi connectivity index (χ3v) is 5.80. The van der Waals surface area contributed by atoms with Gasteiger partial charge in [-0.25, -0.2) is 9.59 Å². The van der Waals surface area contributed by atoms with Crippen molar-refractivity contribution in [2.24, 2.45) is 0 Å². The molecule has 0 bridgehead atoms. The van der Waals surface area contributed by atoms with Crippen molar-refractivity contribution in [2.75, 3.05) is 13.2 Å². The second-order valence-electron chi connectivity index (χ2n) is 7.85. The topological polar surface area (TPSA) is 52.6 Å². The van der Waals surface area contributed by atoms with Gasteiger partial charge in [0.15, 0.2) is 10.1 Å². The number of esters is 2. The van der Waals surface area contributed by atoms with E-state index in [0.29, 0.717) is 0 Å². The maximum absolute atomic E-state index is 11.9. The van der Waals surface area contributed by atoms with Crippen molar-refractivity contribution in [2.45, 2.75) is 117 Å². The van der Waals surface area contributed by atoms with E-state index in [-0.39, 0.29) is 13.2 Å². The van der Waals surface area contributed by atoms with E-state index >= 15 is 0 Å². The summed E-state index contributed by atoms with van der Waals surface area (Å²) in [5.41, 5.74) is 0. The molecule has 0 rings (SSSR count). The molecule has 30 heavy (non-hydrogen) atoms. The Balaban J connectivity index is 3.83. The first-order valence-corrected chi connectivity index (χ1v) is 12.7. The number of halogens is 2. The highest BCUT2D eigenvalue weighted by Crippen LogP contribution is 2.18. The normalized spacial score (nSPS) is 11.9. The number of rotatable bonds is 20. The summed E-state index contributed by atoms with van der Waals surface area (Å²) in [5, 5.41) is -0.811. The molecule has 0 heterocycles. The van der Waals surface area contributed by atoms with Gasteiger partial charge in [-0.15, -0.1) is 0 Å². The molecule has 0 unspecified atom stereocenters. The molecule has 4 nitrogen and oxygen atoms in total. The lowest BCUT2D eigenvalue weighted by atomic mass is 10.1. The lowest BCUT2D eigenvalue weighted by Gasteiger charge is -2.07. The molecule has 176 valence electrons. The molecule has 0 spiro atoms. The summed E-state index contributed by atoms with van der Waals surface area (Å²) in [7, 11) is 0. The van der Waals surface area contributed by atoms with Gasteiger partial charge in [0, 0.05) is 0 Å². The van der Waals surface area contributed by atoms with Crippen molar-refractivity contribution in [1.82, 2.24) is 0 Å². The fraction of sp³-hybridized carbons (Fsp3) is 0.833. The highest BCUT2D eigenvalue weighted by Gasteiger charge is 2.20. The minimum atomic E-state index is -0.770. The molecule has 0 aliphatic rings. The van der Waals surface area contributed by atoms with E-state index < -0.39 is 22.0 Å². The third kappa shape index (κ3) is 17.0. The zero-order chi connectivity index (χ0) is 22.5. The molecule has 0 aromatic rings. The van der Waals surface area contributed by atoms with Crippen molar-refractivity contribution in [3.05, 3.63) is 10.1 Å². The molecule has 6 heteroatoms. The zero-order valence-corrected chi connectivity index (χ0v) is 20.6. The van der Waals surface area contributed by atoms with Gasteiger partial charge in [0.05, 0.1) is 13.2 Å². The van der Waals surface area contributed by atoms with Crippen molar-refractivity contribution in [3.8, 4) is 0 Å². The van der Waals surface area contributed by atoms with Gasteiger partial charge in [0.25, 0.3) is 0 Å². The standard InChI is InChI=1S/C24H42Cl2O4/c1-3-5-7-9-11-13-15-17-19-29-23(27)21(25)22(26)24(28)30-20-18-16-14-12-10-8-6-4-2/h3-20H2,1-2H3/b22-21-. The van der Waals surface area contributed by atoms with Gasteiger partial charge in [-0.2, -0.15) is 0 Å². The number of hydrogen-bond donors (Lipinski definition) is 0.